The van der Waals surface area contributed by atoms with Gasteiger partial charge >= 0.3 is 0 Å². The normalized spacial score (nSPS) is 15.1. The van der Waals surface area contributed by atoms with Gasteiger partial charge in [0, 0.05) is 31.1 Å². The molecule has 1 aliphatic rings. The number of likely N-dealkylation sites (tertiary alicyclic amines) is 1. The van der Waals surface area contributed by atoms with Crippen molar-refractivity contribution in [2.75, 3.05) is 26.2 Å². The summed E-state index contributed by atoms with van der Waals surface area (Å²) in [6.07, 6.45) is 1.75. The van der Waals surface area contributed by atoms with Crippen LogP contribution in [-0.2, 0) is 9.59 Å². The maximum Gasteiger partial charge on any atom is 0.225 e. The molecule has 0 spiro atoms. The number of hydrogen-bond acceptors (Lipinski definition) is 4. The van der Waals surface area contributed by atoms with Gasteiger partial charge in [0.1, 0.15) is 5.75 Å². The van der Waals surface area contributed by atoms with Gasteiger partial charge in [-0.25, -0.2) is 0 Å². The zero-order valence-corrected chi connectivity index (χ0v) is 16.4. The van der Waals surface area contributed by atoms with Crippen LogP contribution in [0.25, 0.3) is 0 Å². The molecule has 0 radical (unpaired) electrons. The van der Waals surface area contributed by atoms with Crippen molar-refractivity contribution in [3.63, 3.8) is 0 Å². The molecule has 146 valence electrons. The molecule has 26 heavy (non-hydrogen) atoms. The fraction of sp³-hybridized carbons (Fsp3) is 0.579. The minimum Gasteiger partial charge on any atom is -0.493 e. The summed E-state index contributed by atoms with van der Waals surface area (Å²) in [5.74, 6) is 0.858. The van der Waals surface area contributed by atoms with Crippen molar-refractivity contribution >= 4 is 24.2 Å². The number of benzene rings is 1. The Morgan fingerprint density at radius 2 is 1.85 bits per heavy atom. The number of nitrogens with two attached hydrogens (primary N) is 1. The van der Waals surface area contributed by atoms with E-state index in [1.54, 1.807) is 0 Å². The van der Waals surface area contributed by atoms with Gasteiger partial charge in [-0.3, -0.25) is 9.59 Å². The van der Waals surface area contributed by atoms with Gasteiger partial charge in [-0.05, 0) is 38.8 Å². The van der Waals surface area contributed by atoms with Crippen LogP contribution in [0.1, 0.15) is 33.1 Å². The molecule has 1 heterocycles. The molecule has 7 heteroatoms. The highest BCUT2D eigenvalue weighted by Gasteiger charge is 2.27. The van der Waals surface area contributed by atoms with Crippen LogP contribution < -0.4 is 15.8 Å². The first-order chi connectivity index (χ1) is 11.8. The molecule has 0 aliphatic carbocycles. The van der Waals surface area contributed by atoms with Crippen LogP contribution in [0, 0.1) is 5.92 Å². The Hall–Kier alpha value is -1.79. The minimum absolute atomic E-state index is 0. The molecule has 0 bridgehead atoms. The van der Waals surface area contributed by atoms with Crippen molar-refractivity contribution in [3.8, 4) is 5.75 Å². The molecule has 1 saturated heterocycles. The monoisotopic (exact) mass is 383 g/mol. The zero-order valence-electron chi connectivity index (χ0n) is 15.6. The molecule has 6 nitrogen and oxygen atoms in total. The maximum atomic E-state index is 12.3. The number of piperidine rings is 1. The van der Waals surface area contributed by atoms with Crippen LogP contribution >= 0.6 is 12.4 Å². The molecule has 1 aromatic rings. The molecular weight excluding hydrogens is 354 g/mol. The van der Waals surface area contributed by atoms with Crippen molar-refractivity contribution in [2.24, 2.45) is 11.7 Å². The van der Waals surface area contributed by atoms with Crippen LogP contribution in [0.3, 0.4) is 0 Å². The number of amides is 2. The number of halogens is 1. The van der Waals surface area contributed by atoms with Gasteiger partial charge in [0.15, 0.2) is 0 Å². The van der Waals surface area contributed by atoms with Gasteiger partial charge in [-0.1, -0.05) is 18.2 Å². The fourth-order valence-electron chi connectivity index (χ4n) is 2.78. The number of nitrogens with one attached hydrogen (secondary N) is 1. The van der Waals surface area contributed by atoms with Crippen LogP contribution in [0.2, 0.25) is 0 Å². The van der Waals surface area contributed by atoms with Gasteiger partial charge in [0.05, 0.1) is 13.0 Å². The van der Waals surface area contributed by atoms with E-state index in [-0.39, 0.29) is 30.1 Å². The standard InChI is InChI=1S/C19H29N3O3.ClH/c1-19(2,20)14-21-18(24)15-8-11-22(12-9-15)17(23)10-13-25-16-6-4-3-5-7-16;/h3-7,15H,8-14,20H2,1-2H3,(H,21,24);1H. The van der Waals surface area contributed by atoms with Crippen molar-refractivity contribution in [1.82, 2.24) is 10.2 Å². The number of nitrogens with zero attached hydrogens (tertiary/aromatic N) is 1. The van der Waals surface area contributed by atoms with Gasteiger partial charge in [-0.15, -0.1) is 12.4 Å². The molecule has 0 unspecified atom stereocenters. The van der Waals surface area contributed by atoms with E-state index in [2.05, 4.69) is 5.32 Å². The first-order valence-electron chi connectivity index (χ1n) is 8.87. The summed E-state index contributed by atoms with van der Waals surface area (Å²) in [7, 11) is 0. The van der Waals surface area contributed by atoms with Crippen LogP contribution in [0.15, 0.2) is 30.3 Å². The second-order valence-corrected chi connectivity index (χ2v) is 7.27. The Labute approximate surface area is 161 Å². The predicted octanol–water partition coefficient (Wildman–Crippen LogP) is 1.97. The first-order valence-corrected chi connectivity index (χ1v) is 8.87. The Morgan fingerprint density at radius 1 is 1.23 bits per heavy atom. The quantitative estimate of drug-likeness (QED) is 0.753. The third-order valence-corrected chi connectivity index (χ3v) is 4.26. The Kier molecular flexibility index (Phi) is 8.88. The smallest absolute Gasteiger partial charge is 0.225 e. The molecule has 2 rings (SSSR count). The topological polar surface area (TPSA) is 84.7 Å². The average Bonchev–Trinajstić information content (AvgIpc) is 2.60. The largest absolute Gasteiger partial charge is 0.493 e. The molecule has 3 N–H and O–H groups in total. The highest BCUT2D eigenvalue weighted by atomic mass is 35.5. The van der Waals surface area contributed by atoms with Crippen LogP contribution in [0.4, 0.5) is 0 Å². The van der Waals surface area contributed by atoms with E-state index in [4.69, 9.17) is 10.5 Å². The van der Waals surface area contributed by atoms with E-state index in [9.17, 15) is 9.59 Å². The molecule has 1 aromatic carbocycles. The van der Waals surface area contributed by atoms with Crippen molar-refractivity contribution in [2.45, 2.75) is 38.6 Å². The highest BCUT2D eigenvalue weighted by molar-refractivity contribution is 5.85. The van der Waals surface area contributed by atoms with E-state index in [1.165, 1.54) is 0 Å². The van der Waals surface area contributed by atoms with E-state index >= 15 is 0 Å². The number of rotatable bonds is 7. The molecule has 1 aliphatic heterocycles. The van der Waals surface area contributed by atoms with Gasteiger partial charge in [-0.2, -0.15) is 0 Å². The summed E-state index contributed by atoms with van der Waals surface area (Å²) in [4.78, 5) is 26.2. The number of ether oxygens (including phenoxy) is 1. The summed E-state index contributed by atoms with van der Waals surface area (Å²) in [5, 5.41) is 2.90. The van der Waals surface area contributed by atoms with Gasteiger partial charge in [0.25, 0.3) is 0 Å². The molecule has 1 fully saturated rings. The second kappa shape index (κ2) is 10.4. The summed E-state index contributed by atoms with van der Waals surface area (Å²) >= 11 is 0. The maximum absolute atomic E-state index is 12.3. The average molecular weight is 384 g/mol. The summed E-state index contributed by atoms with van der Waals surface area (Å²) in [6, 6.07) is 9.47. The van der Waals surface area contributed by atoms with E-state index in [0.29, 0.717) is 45.5 Å². The lowest BCUT2D eigenvalue weighted by Crippen LogP contribution is -2.48. The molecule has 0 aromatic heterocycles. The number of carbonyl (C=O) groups excluding carboxylic acids is 2. The highest BCUT2D eigenvalue weighted by Crippen LogP contribution is 2.18. The third-order valence-electron chi connectivity index (χ3n) is 4.26. The number of carbonyl (C=O) groups is 2. The minimum atomic E-state index is -0.412. The van der Waals surface area contributed by atoms with Crippen molar-refractivity contribution in [1.29, 1.82) is 0 Å². The van der Waals surface area contributed by atoms with Crippen molar-refractivity contribution < 1.29 is 14.3 Å². The lowest BCUT2D eigenvalue weighted by Gasteiger charge is -2.32. The summed E-state index contributed by atoms with van der Waals surface area (Å²) in [6.45, 7) is 5.83. The molecule has 0 saturated carbocycles. The fourth-order valence-corrected chi connectivity index (χ4v) is 2.78. The van der Waals surface area contributed by atoms with Gasteiger partial charge in [0.2, 0.25) is 11.8 Å². The van der Waals surface area contributed by atoms with E-state index in [0.717, 1.165) is 5.75 Å². The van der Waals surface area contributed by atoms with Crippen molar-refractivity contribution in [3.05, 3.63) is 30.3 Å². The van der Waals surface area contributed by atoms with E-state index < -0.39 is 5.54 Å². The third kappa shape index (κ3) is 7.62. The zero-order chi connectivity index (χ0) is 18.3. The molecule has 0 atom stereocenters. The second-order valence-electron chi connectivity index (χ2n) is 7.27. The van der Waals surface area contributed by atoms with Crippen LogP contribution in [0.5, 0.6) is 5.75 Å². The Morgan fingerprint density at radius 3 is 2.42 bits per heavy atom. The van der Waals surface area contributed by atoms with Crippen LogP contribution in [-0.4, -0.2) is 48.5 Å². The Bertz CT molecular complexity index is 567. The number of hydrogen-bond donors (Lipinski definition) is 2. The molecule has 2 amide bonds. The lowest BCUT2D eigenvalue weighted by molar-refractivity contribution is -0.136. The predicted molar refractivity (Wildman–Crippen MR) is 104 cm³/mol. The molecular formula is C19H30ClN3O3. The van der Waals surface area contributed by atoms with Gasteiger partial charge < -0.3 is 20.7 Å². The SMILES string of the molecule is CC(C)(N)CNC(=O)C1CCN(C(=O)CCOc2ccccc2)CC1.Cl. The lowest BCUT2D eigenvalue weighted by atomic mass is 9.95. The van der Waals surface area contributed by atoms with E-state index in [1.807, 2.05) is 49.1 Å². The first kappa shape index (κ1) is 22.3. The number of para-hydroxylation sites is 1. The summed E-state index contributed by atoms with van der Waals surface area (Å²) < 4.78 is 5.57. The summed E-state index contributed by atoms with van der Waals surface area (Å²) in [5.41, 5.74) is 5.47. The Balaban J connectivity index is 0.00000338.